The van der Waals surface area contributed by atoms with Crippen molar-refractivity contribution in [1.29, 1.82) is 0 Å². The van der Waals surface area contributed by atoms with Gasteiger partial charge in [0.25, 0.3) is 0 Å². The summed E-state index contributed by atoms with van der Waals surface area (Å²) in [5, 5.41) is 2.78. The van der Waals surface area contributed by atoms with Gasteiger partial charge in [0.2, 0.25) is 5.91 Å². The number of benzene rings is 1. The molecule has 0 aliphatic heterocycles. The summed E-state index contributed by atoms with van der Waals surface area (Å²) in [7, 11) is 0. The Morgan fingerprint density at radius 1 is 1.19 bits per heavy atom. The molecule has 1 aromatic carbocycles. The van der Waals surface area contributed by atoms with E-state index in [2.05, 4.69) is 10.3 Å². The van der Waals surface area contributed by atoms with Crippen molar-refractivity contribution < 1.29 is 9.53 Å². The van der Waals surface area contributed by atoms with E-state index in [0.29, 0.717) is 13.2 Å². The van der Waals surface area contributed by atoms with Gasteiger partial charge >= 0.3 is 0 Å². The highest BCUT2D eigenvalue weighted by Gasteiger charge is 2.01. The highest BCUT2D eigenvalue weighted by Crippen LogP contribution is 2.20. The van der Waals surface area contributed by atoms with E-state index < -0.39 is 0 Å². The number of amides is 1. The maximum absolute atomic E-state index is 10.8. The standard InChI is InChI=1S/C17H20N2O2/c1-3-21-16-7-5-15(6-8-16)17-9-4-14(12-19-17)10-11-18-13(2)20/h4-9,12H,3,10-11H2,1-2H3,(H,18,20). The van der Waals surface area contributed by atoms with Crippen molar-refractivity contribution in [3.8, 4) is 17.0 Å². The number of ether oxygens (including phenoxy) is 1. The number of aromatic nitrogens is 1. The predicted molar refractivity (Wildman–Crippen MR) is 83.2 cm³/mol. The van der Waals surface area contributed by atoms with Crippen LogP contribution in [0.3, 0.4) is 0 Å². The molecule has 1 heterocycles. The smallest absolute Gasteiger partial charge is 0.216 e. The first kappa shape index (κ1) is 15.0. The van der Waals surface area contributed by atoms with Crippen molar-refractivity contribution in [3.05, 3.63) is 48.2 Å². The van der Waals surface area contributed by atoms with E-state index in [1.165, 1.54) is 6.92 Å². The number of carbonyl (C=O) groups is 1. The van der Waals surface area contributed by atoms with Gasteiger partial charge < -0.3 is 10.1 Å². The molecule has 0 bridgehead atoms. The zero-order chi connectivity index (χ0) is 15.1. The second-order valence-electron chi connectivity index (χ2n) is 4.74. The number of carbonyl (C=O) groups excluding carboxylic acids is 1. The Labute approximate surface area is 125 Å². The predicted octanol–water partition coefficient (Wildman–Crippen LogP) is 2.83. The fraction of sp³-hybridized carbons (Fsp3) is 0.294. The van der Waals surface area contributed by atoms with Gasteiger partial charge in [0, 0.05) is 25.2 Å². The molecule has 4 nitrogen and oxygen atoms in total. The van der Waals surface area contributed by atoms with E-state index in [4.69, 9.17) is 4.74 Å². The van der Waals surface area contributed by atoms with Gasteiger partial charge in [0.15, 0.2) is 0 Å². The molecule has 4 heteroatoms. The van der Waals surface area contributed by atoms with Crippen molar-refractivity contribution in [3.63, 3.8) is 0 Å². The van der Waals surface area contributed by atoms with Crippen molar-refractivity contribution in [2.75, 3.05) is 13.2 Å². The van der Waals surface area contributed by atoms with Crippen molar-refractivity contribution in [1.82, 2.24) is 10.3 Å². The number of rotatable bonds is 6. The molecular weight excluding hydrogens is 264 g/mol. The lowest BCUT2D eigenvalue weighted by atomic mass is 10.1. The molecule has 2 aromatic rings. The van der Waals surface area contributed by atoms with Gasteiger partial charge in [0.1, 0.15) is 5.75 Å². The van der Waals surface area contributed by atoms with Crippen LogP contribution in [0.1, 0.15) is 19.4 Å². The van der Waals surface area contributed by atoms with Crippen LogP contribution in [-0.2, 0) is 11.2 Å². The average molecular weight is 284 g/mol. The lowest BCUT2D eigenvalue weighted by Crippen LogP contribution is -2.22. The summed E-state index contributed by atoms with van der Waals surface area (Å²) in [4.78, 5) is 15.3. The Morgan fingerprint density at radius 3 is 2.52 bits per heavy atom. The highest BCUT2D eigenvalue weighted by atomic mass is 16.5. The van der Waals surface area contributed by atoms with Crippen molar-refractivity contribution in [2.24, 2.45) is 0 Å². The minimum atomic E-state index is -0.00559. The van der Waals surface area contributed by atoms with E-state index in [1.54, 1.807) is 0 Å². The van der Waals surface area contributed by atoms with Crippen LogP contribution >= 0.6 is 0 Å². The zero-order valence-corrected chi connectivity index (χ0v) is 12.4. The molecule has 0 aliphatic carbocycles. The Morgan fingerprint density at radius 2 is 1.95 bits per heavy atom. The van der Waals surface area contributed by atoms with Gasteiger partial charge in [0.05, 0.1) is 12.3 Å². The van der Waals surface area contributed by atoms with E-state index in [-0.39, 0.29) is 5.91 Å². The number of hydrogen-bond donors (Lipinski definition) is 1. The molecule has 1 N–H and O–H groups in total. The van der Waals surface area contributed by atoms with Crippen LogP contribution in [0.25, 0.3) is 11.3 Å². The van der Waals surface area contributed by atoms with Crippen LogP contribution in [0.5, 0.6) is 5.75 Å². The van der Waals surface area contributed by atoms with Crippen LogP contribution in [0.2, 0.25) is 0 Å². The fourth-order valence-corrected chi connectivity index (χ4v) is 2.01. The van der Waals surface area contributed by atoms with Crippen LogP contribution in [-0.4, -0.2) is 24.0 Å². The van der Waals surface area contributed by atoms with Crippen molar-refractivity contribution in [2.45, 2.75) is 20.3 Å². The molecule has 0 unspecified atom stereocenters. The number of hydrogen-bond acceptors (Lipinski definition) is 3. The van der Waals surface area contributed by atoms with E-state index >= 15 is 0 Å². The molecule has 0 radical (unpaired) electrons. The Hall–Kier alpha value is -2.36. The van der Waals surface area contributed by atoms with E-state index in [9.17, 15) is 4.79 Å². The molecule has 0 aliphatic rings. The summed E-state index contributed by atoms with van der Waals surface area (Å²) in [6, 6.07) is 11.9. The molecule has 21 heavy (non-hydrogen) atoms. The third-order valence-electron chi connectivity index (χ3n) is 3.07. The first-order valence-corrected chi connectivity index (χ1v) is 7.11. The molecule has 2 rings (SSSR count). The SMILES string of the molecule is CCOc1ccc(-c2ccc(CCNC(C)=O)cn2)cc1. The number of nitrogens with one attached hydrogen (secondary N) is 1. The van der Waals surface area contributed by atoms with Crippen LogP contribution < -0.4 is 10.1 Å². The van der Waals surface area contributed by atoms with Crippen LogP contribution in [0, 0.1) is 0 Å². The van der Waals surface area contributed by atoms with Crippen molar-refractivity contribution >= 4 is 5.91 Å². The third-order valence-corrected chi connectivity index (χ3v) is 3.07. The number of pyridine rings is 1. The summed E-state index contributed by atoms with van der Waals surface area (Å²) >= 11 is 0. The lowest BCUT2D eigenvalue weighted by Gasteiger charge is -2.06. The average Bonchev–Trinajstić information content (AvgIpc) is 2.49. The van der Waals surface area contributed by atoms with Crippen LogP contribution in [0.4, 0.5) is 0 Å². The largest absolute Gasteiger partial charge is 0.494 e. The second-order valence-corrected chi connectivity index (χ2v) is 4.74. The van der Waals surface area contributed by atoms with Gasteiger partial charge in [-0.05, 0) is 49.2 Å². The minimum Gasteiger partial charge on any atom is -0.494 e. The van der Waals surface area contributed by atoms with Gasteiger partial charge in [-0.3, -0.25) is 9.78 Å². The third kappa shape index (κ3) is 4.60. The fourth-order valence-electron chi connectivity index (χ4n) is 2.01. The number of nitrogens with zero attached hydrogens (tertiary/aromatic N) is 1. The Kier molecular flexibility index (Phi) is 5.32. The van der Waals surface area contributed by atoms with Gasteiger partial charge in [-0.2, -0.15) is 0 Å². The van der Waals surface area contributed by atoms with E-state index in [0.717, 1.165) is 29.0 Å². The molecule has 0 fully saturated rings. The topological polar surface area (TPSA) is 51.2 Å². The summed E-state index contributed by atoms with van der Waals surface area (Å²) < 4.78 is 5.42. The van der Waals surface area contributed by atoms with Gasteiger partial charge in [-0.15, -0.1) is 0 Å². The molecule has 0 atom stereocenters. The minimum absolute atomic E-state index is 0.00559. The first-order chi connectivity index (χ1) is 10.2. The second kappa shape index (κ2) is 7.43. The highest BCUT2D eigenvalue weighted by molar-refractivity contribution is 5.72. The normalized spacial score (nSPS) is 10.2. The summed E-state index contributed by atoms with van der Waals surface area (Å²) in [5.74, 6) is 0.863. The van der Waals surface area contributed by atoms with Gasteiger partial charge in [-0.25, -0.2) is 0 Å². The molecule has 0 spiro atoms. The molecule has 110 valence electrons. The van der Waals surface area contributed by atoms with E-state index in [1.807, 2.05) is 49.5 Å². The summed E-state index contributed by atoms with van der Waals surface area (Å²) in [5.41, 5.74) is 3.10. The maximum atomic E-state index is 10.8. The molecule has 1 amide bonds. The summed E-state index contributed by atoms with van der Waals surface area (Å²) in [6.45, 7) is 4.79. The lowest BCUT2D eigenvalue weighted by molar-refractivity contribution is -0.118. The molecule has 0 saturated heterocycles. The van der Waals surface area contributed by atoms with Crippen LogP contribution in [0.15, 0.2) is 42.6 Å². The zero-order valence-electron chi connectivity index (χ0n) is 12.4. The Bertz CT molecular complexity index is 577. The summed E-state index contributed by atoms with van der Waals surface area (Å²) in [6.07, 6.45) is 2.64. The first-order valence-electron chi connectivity index (χ1n) is 7.11. The monoisotopic (exact) mass is 284 g/mol. The maximum Gasteiger partial charge on any atom is 0.216 e. The molecular formula is C17H20N2O2. The quantitative estimate of drug-likeness (QED) is 0.887. The van der Waals surface area contributed by atoms with Gasteiger partial charge in [-0.1, -0.05) is 6.07 Å². The Balaban J connectivity index is 1.99. The molecule has 0 saturated carbocycles. The molecule has 1 aromatic heterocycles.